The van der Waals surface area contributed by atoms with E-state index in [1.807, 2.05) is 0 Å². The Hall–Kier alpha value is -0.940. The molecule has 0 saturated heterocycles. The smallest absolute Gasteiger partial charge is 0.321 e. The highest BCUT2D eigenvalue weighted by molar-refractivity contribution is 7.15. The number of hydrogen-bond acceptors (Lipinski definition) is 4. The minimum atomic E-state index is -0.375. The van der Waals surface area contributed by atoms with Crippen LogP contribution in [0.1, 0.15) is 17.7 Å². The van der Waals surface area contributed by atoms with Crippen LogP contribution in [0.25, 0.3) is 0 Å². The molecule has 0 radical (unpaired) electrons. The zero-order chi connectivity index (χ0) is 8.77. The lowest BCUT2D eigenvalue weighted by Gasteiger charge is -2.01. The van der Waals surface area contributed by atoms with Crippen molar-refractivity contribution in [2.24, 2.45) is 5.73 Å². The predicted octanol–water partition coefficient (Wildman–Crippen LogP) is 1.60. The maximum atomic E-state index is 10.3. The SMILES string of the molecule is NC1(c2ccc([N+](=O)[O-])s2)CC1. The molecule has 0 aromatic carbocycles. The van der Waals surface area contributed by atoms with E-state index in [2.05, 4.69) is 0 Å². The predicted molar refractivity (Wildman–Crippen MR) is 46.1 cm³/mol. The van der Waals surface area contributed by atoms with Gasteiger partial charge in [0.1, 0.15) is 0 Å². The first-order valence-electron chi connectivity index (χ1n) is 3.65. The van der Waals surface area contributed by atoms with Crippen LogP contribution in [-0.4, -0.2) is 4.92 Å². The number of rotatable bonds is 2. The Labute approximate surface area is 73.2 Å². The summed E-state index contributed by atoms with van der Waals surface area (Å²) in [6.45, 7) is 0. The van der Waals surface area contributed by atoms with E-state index in [1.54, 1.807) is 6.07 Å². The van der Waals surface area contributed by atoms with Crippen LogP contribution in [-0.2, 0) is 5.54 Å². The van der Waals surface area contributed by atoms with E-state index in [0.29, 0.717) is 0 Å². The van der Waals surface area contributed by atoms with Gasteiger partial charge in [0.05, 0.1) is 10.5 Å². The Morgan fingerprint density at radius 1 is 1.58 bits per heavy atom. The van der Waals surface area contributed by atoms with E-state index in [4.69, 9.17) is 5.73 Å². The van der Waals surface area contributed by atoms with Gasteiger partial charge in [-0.05, 0) is 18.9 Å². The van der Waals surface area contributed by atoms with Crippen LogP contribution in [0.5, 0.6) is 0 Å². The summed E-state index contributed by atoms with van der Waals surface area (Å²) in [5.41, 5.74) is 5.63. The number of hydrogen-bond donors (Lipinski definition) is 1. The maximum Gasteiger partial charge on any atom is 0.324 e. The van der Waals surface area contributed by atoms with E-state index >= 15 is 0 Å². The van der Waals surface area contributed by atoms with Gasteiger partial charge in [-0.15, -0.1) is 0 Å². The summed E-state index contributed by atoms with van der Waals surface area (Å²) in [7, 11) is 0. The highest BCUT2D eigenvalue weighted by Crippen LogP contribution is 2.46. The normalized spacial score (nSPS) is 19.1. The van der Waals surface area contributed by atoms with Crippen molar-refractivity contribution in [3.63, 3.8) is 0 Å². The molecule has 0 amide bonds. The molecule has 12 heavy (non-hydrogen) atoms. The number of nitro groups is 1. The summed E-state index contributed by atoms with van der Waals surface area (Å²) in [4.78, 5) is 10.9. The minimum Gasteiger partial charge on any atom is -0.321 e. The van der Waals surface area contributed by atoms with Crippen molar-refractivity contribution in [2.45, 2.75) is 18.4 Å². The summed E-state index contributed by atoms with van der Waals surface area (Å²) < 4.78 is 0. The van der Waals surface area contributed by atoms with Gasteiger partial charge >= 0.3 is 5.00 Å². The summed E-state index contributed by atoms with van der Waals surface area (Å²) in [6, 6.07) is 3.28. The lowest BCUT2D eigenvalue weighted by Crippen LogP contribution is -2.16. The first-order chi connectivity index (χ1) is 5.62. The molecule has 1 saturated carbocycles. The third kappa shape index (κ3) is 1.11. The van der Waals surface area contributed by atoms with Gasteiger partial charge in [0, 0.05) is 10.9 Å². The fourth-order valence-electron chi connectivity index (χ4n) is 1.07. The topological polar surface area (TPSA) is 69.2 Å². The van der Waals surface area contributed by atoms with Crippen LogP contribution in [0.3, 0.4) is 0 Å². The van der Waals surface area contributed by atoms with Crippen molar-refractivity contribution < 1.29 is 4.92 Å². The lowest BCUT2D eigenvalue weighted by molar-refractivity contribution is -0.380. The second-order valence-corrected chi connectivity index (χ2v) is 4.11. The Morgan fingerprint density at radius 2 is 2.25 bits per heavy atom. The van der Waals surface area contributed by atoms with E-state index in [1.165, 1.54) is 17.4 Å². The van der Waals surface area contributed by atoms with Gasteiger partial charge in [-0.3, -0.25) is 10.1 Å². The number of nitrogens with two attached hydrogens (primary N) is 1. The number of nitrogens with zero attached hydrogens (tertiary/aromatic N) is 1. The maximum absolute atomic E-state index is 10.3. The molecule has 1 aliphatic rings. The van der Waals surface area contributed by atoms with Gasteiger partial charge < -0.3 is 5.73 Å². The van der Waals surface area contributed by atoms with Crippen molar-refractivity contribution in [1.82, 2.24) is 0 Å². The van der Waals surface area contributed by atoms with Gasteiger partial charge in [-0.2, -0.15) is 0 Å². The molecule has 1 aromatic heterocycles. The van der Waals surface area contributed by atoms with Crippen LogP contribution in [0, 0.1) is 10.1 Å². The zero-order valence-electron chi connectivity index (χ0n) is 6.32. The third-order valence-electron chi connectivity index (χ3n) is 2.05. The minimum absolute atomic E-state index is 0.182. The lowest BCUT2D eigenvalue weighted by atomic mass is 10.2. The van der Waals surface area contributed by atoms with Crippen LogP contribution >= 0.6 is 11.3 Å². The molecule has 2 N–H and O–H groups in total. The summed E-state index contributed by atoms with van der Waals surface area (Å²) in [5.74, 6) is 0. The average Bonchev–Trinajstić information content (AvgIpc) is 2.61. The first kappa shape index (κ1) is 7.70. The largest absolute Gasteiger partial charge is 0.324 e. The van der Waals surface area contributed by atoms with E-state index in [0.717, 1.165) is 17.7 Å². The molecular formula is C7H8N2O2S. The Balaban J connectivity index is 2.30. The molecule has 5 heteroatoms. The zero-order valence-corrected chi connectivity index (χ0v) is 7.13. The molecule has 0 spiro atoms. The highest BCUT2D eigenvalue weighted by Gasteiger charge is 2.42. The molecule has 1 heterocycles. The Bertz CT molecular complexity index is 330. The second-order valence-electron chi connectivity index (χ2n) is 3.05. The van der Waals surface area contributed by atoms with Gasteiger partial charge in [-0.1, -0.05) is 11.3 Å². The van der Waals surface area contributed by atoms with Crippen LogP contribution in [0.2, 0.25) is 0 Å². The summed E-state index contributed by atoms with van der Waals surface area (Å²) in [5, 5.41) is 10.5. The van der Waals surface area contributed by atoms with Crippen molar-refractivity contribution in [3.8, 4) is 0 Å². The van der Waals surface area contributed by atoms with Gasteiger partial charge in [-0.25, -0.2) is 0 Å². The van der Waals surface area contributed by atoms with Crippen LogP contribution < -0.4 is 5.73 Å². The molecule has 2 rings (SSSR count). The molecule has 0 unspecified atom stereocenters. The van der Waals surface area contributed by atoms with E-state index in [9.17, 15) is 10.1 Å². The summed E-state index contributed by atoms with van der Waals surface area (Å²) in [6.07, 6.45) is 1.90. The van der Waals surface area contributed by atoms with Gasteiger partial charge in [0.15, 0.2) is 0 Å². The Kier molecular flexibility index (Phi) is 1.46. The molecule has 1 aromatic rings. The van der Waals surface area contributed by atoms with E-state index in [-0.39, 0.29) is 15.5 Å². The average molecular weight is 184 g/mol. The van der Waals surface area contributed by atoms with Crippen molar-refractivity contribution in [3.05, 3.63) is 27.1 Å². The molecule has 1 fully saturated rings. The molecule has 64 valence electrons. The Morgan fingerprint density at radius 3 is 2.67 bits per heavy atom. The summed E-state index contributed by atoms with van der Waals surface area (Å²) >= 11 is 1.19. The second kappa shape index (κ2) is 2.27. The number of thiophene rings is 1. The van der Waals surface area contributed by atoms with Crippen molar-refractivity contribution >= 4 is 16.3 Å². The fraction of sp³-hybridized carbons (Fsp3) is 0.429. The molecule has 0 atom stereocenters. The first-order valence-corrected chi connectivity index (χ1v) is 4.47. The van der Waals surface area contributed by atoms with Gasteiger partial charge in [0.25, 0.3) is 0 Å². The molecule has 4 nitrogen and oxygen atoms in total. The van der Waals surface area contributed by atoms with Crippen molar-refractivity contribution in [1.29, 1.82) is 0 Å². The monoisotopic (exact) mass is 184 g/mol. The van der Waals surface area contributed by atoms with E-state index < -0.39 is 0 Å². The highest BCUT2D eigenvalue weighted by atomic mass is 32.1. The molecule has 0 bridgehead atoms. The fourth-order valence-corrected chi connectivity index (χ4v) is 2.05. The van der Waals surface area contributed by atoms with Crippen LogP contribution in [0.4, 0.5) is 5.00 Å². The quantitative estimate of drug-likeness (QED) is 0.560. The van der Waals surface area contributed by atoms with Crippen LogP contribution in [0.15, 0.2) is 12.1 Å². The standard InChI is InChI=1S/C7H8N2O2S/c8-7(3-4-7)5-1-2-6(12-5)9(10)11/h1-2H,3-4,8H2. The molecule has 0 aliphatic heterocycles. The van der Waals surface area contributed by atoms with Crippen molar-refractivity contribution in [2.75, 3.05) is 0 Å². The molecule has 1 aliphatic carbocycles. The van der Waals surface area contributed by atoms with Gasteiger partial charge in [0.2, 0.25) is 0 Å². The third-order valence-corrected chi connectivity index (χ3v) is 3.31. The molecular weight excluding hydrogens is 176 g/mol.